The second kappa shape index (κ2) is 8.16. The highest BCUT2D eigenvalue weighted by molar-refractivity contribution is 6.04. The van der Waals surface area contributed by atoms with Gasteiger partial charge in [0.05, 0.1) is 11.4 Å². The van der Waals surface area contributed by atoms with E-state index in [1.807, 2.05) is 77.6 Å². The summed E-state index contributed by atoms with van der Waals surface area (Å²) in [6.45, 7) is 0.321. The van der Waals surface area contributed by atoms with E-state index in [4.69, 9.17) is 4.74 Å². The molecule has 0 aliphatic heterocycles. The zero-order valence-electron chi connectivity index (χ0n) is 16.6. The molecule has 0 saturated carbocycles. The molecule has 0 spiro atoms. The number of ether oxygens (including phenoxy) is 1. The average molecular weight is 409 g/mol. The van der Waals surface area contributed by atoms with Gasteiger partial charge in [0, 0.05) is 36.0 Å². The summed E-state index contributed by atoms with van der Waals surface area (Å²) in [5.41, 5.74) is 3.83. The predicted molar refractivity (Wildman–Crippen MR) is 117 cm³/mol. The number of hydrogen-bond donors (Lipinski definition) is 1. The van der Waals surface area contributed by atoms with E-state index in [1.165, 1.54) is 0 Å². The van der Waals surface area contributed by atoms with Crippen LogP contribution in [0.15, 0.2) is 97.6 Å². The Bertz CT molecular complexity index is 1290. The maximum Gasteiger partial charge on any atom is 0.255 e. The third-order valence-electron chi connectivity index (χ3n) is 4.79. The fourth-order valence-corrected chi connectivity index (χ4v) is 3.26. The number of anilines is 1. The maximum absolute atomic E-state index is 12.7. The summed E-state index contributed by atoms with van der Waals surface area (Å²) in [6.07, 6.45) is 7.46. The van der Waals surface area contributed by atoms with Gasteiger partial charge in [0.25, 0.3) is 5.91 Å². The minimum absolute atomic E-state index is 0.204. The highest BCUT2D eigenvalue weighted by Crippen LogP contribution is 2.18. The maximum atomic E-state index is 12.7. The van der Waals surface area contributed by atoms with Crippen LogP contribution in [-0.4, -0.2) is 25.1 Å². The summed E-state index contributed by atoms with van der Waals surface area (Å²) < 4.78 is 9.56. The molecule has 0 atom stereocenters. The van der Waals surface area contributed by atoms with Crippen molar-refractivity contribution in [3.8, 4) is 11.4 Å². The Kier molecular flexibility index (Phi) is 4.90. The van der Waals surface area contributed by atoms with Gasteiger partial charge in [-0.2, -0.15) is 5.10 Å². The third-order valence-corrected chi connectivity index (χ3v) is 4.79. The van der Waals surface area contributed by atoms with Gasteiger partial charge in [-0.1, -0.05) is 12.1 Å². The van der Waals surface area contributed by atoms with E-state index < -0.39 is 0 Å². The van der Waals surface area contributed by atoms with E-state index in [9.17, 15) is 4.79 Å². The second-order valence-corrected chi connectivity index (χ2v) is 6.97. The molecule has 7 heteroatoms. The molecule has 0 aliphatic rings. The van der Waals surface area contributed by atoms with Crippen LogP contribution in [0.25, 0.3) is 11.3 Å². The molecule has 1 amide bonds. The molecule has 0 unspecified atom stereocenters. The van der Waals surface area contributed by atoms with Crippen LogP contribution in [0.1, 0.15) is 16.1 Å². The summed E-state index contributed by atoms with van der Waals surface area (Å²) in [4.78, 5) is 17.2. The van der Waals surface area contributed by atoms with Crippen LogP contribution in [0, 0.1) is 0 Å². The normalized spacial score (nSPS) is 10.8. The largest absolute Gasteiger partial charge is 0.487 e. The SMILES string of the molecule is O=C(Nc1ccc(-n2cccn2)cc1)c1cccc(OCc2cn3ccccc3n2)c1. The molecule has 0 saturated heterocycles. The van der Waals surface area contributed by atoms with Gasteiger partial charge in [-0.25, -0.2) is 9.67 Å². The number of nitrogens with zero attached hydrogens (tertiary/aromatic N) is 4. The van der Waals surface area contributed by atoms with Crippen LogP contribution >= 0.6 is 0 Å². The van der Waals surface area contributed by atoms with Crippen LogP contribution in [0.4, 0.5) is 5.69 Å². The van der Waals surface area contributed by atoms with Crippen LogP contribution in [0.2, 0.25) is 0 Å². The van der Waals surface area contributed by atoms with Crippen molar-refractivity contribution in [3.63, 3.8) is 0 Å². The van der Waals surface area contributed by atoms with Gasteiger partial charge in [-0.05, 0) is 60.7 Å². The summed E-state index contributed by atoms with van der Waals surface area (Å²) in [5.74, 6) is 0.406. The number of fused-ring (bicyclic) bond motifs is 1. The monoisotopic (exact) mass is 409 g/mol. The van der Waals surface area contributed by atoms with Gasteiger partial charge < -0.3 is 14.5 Å². The first-order valence-corrected chi connectivity index (χ1v) is 9.81. The molecule has 2 aromatic carbocycles. The molecule has 3 heterocycles. The lowest BCUT2D eigenvalue weighted by molar-refractivity contribution is 0.102. The van der Waals surface area contributed by atoms with E-state index in [0.717, 1.165) is 17.0 Å². The van der Waals surface area contributed by atoms with Crippen molar-refractivity contribution in [2.45, 2.75) is 6.61 Å². The fourth-order valence-electron chi connectivity index (χ4n) is 3.26. The lowest BCUT2D eigenvalue weighted by Gasteiger charge is -2.09. The molecule has 5 rings (SSSR count). The fraction of sp³-hybridized carbons (Fsp3) is 0.0417. The van der Waals surface area contributed by atoms with E-state index in [0.29, 0.717) is 23.6 Å². The van der Waals surface area contributed by atoms with Gasteiger partial charge in [-0.3, -0.25) is 4.79 Å². The number of aromatic nitrogens is 4. The number of imidazole rings is 1. The molecule has 0 aliphatic carbocycles. The molecule has 5 aromatic rings. The minimum Gasteiger partial charge on any atom is -0.487 e. The number of carbonyl (C=O) groups excluding carboxylic acids is 1. The van der Waals surface area contributed by atoms with Gasteiger partial charge in [0.2, 0.25) is 0 Å². The summed E-state index contributed by atoms with van der Waals surface area (Å²) in [6, 6.07) is 22.3. The quantitative estimate of drug-likeness (QED) is 0.452. The lowest BCUT2D eigenvalue weighted by atomic mass is 10.2. The van der Waals surface area contributed by atoms with E-state index in [1.54, 1.807) is 29.1 Å². The Morgan fingerprint density at radius 3 is 2.68 bits per heavy atom. The van der Waals surface area contributed by atoms with Gasteiger partial charge in [-0.15, -0.1) is 0 Å². The Balaban J connectivity index is 1.24. The van der Waals surface area contributed by atoms with Crippen LogP contribution in [0.3, 0.4) is 0 Å². The van der Waals surface area contributed by atoms with Crippen molar-refractivity contribution in [3.05, 3.63) is 109 Å². The van der Waals surface area contributed by atoms with E-state index in [-0.39, 0.29) is 5.91 Å². The van der Waals surface area contributed by atoms with Crippen molar-refractivity contribution >= 4 is 17.2 Å². The van der Waals surface area contributed by atoms with Crippen molar-refractivity contribution < 1.29 is 9.53 Å². The molecule has 0 fully saturated rings. The smallest absolute Gasteiger partial charge is 0.255 e. The molecule has 3 aromatic heterocycles. The standard InChI is InChI=1S/C24H19N5O2/c30-24(27-19-8-10-21(11-9-19)29-14-4-12-25-29)18-5-3-6-22(15-18)31-17-20-16-28-13-2-1-7-23(28)26-20/h1-16H,17H2,(H,27,30). The van der Waals surface area contributed by atoms with Crippen molar-refractivity contribution in [2.24, 2.45) is 0 Å². The topological polar surface area (TPSA) is 73.5 Å². The molecular weight excluding hydrogens is 390 g/mol. The number of amides is 1. The Morgan fingerprint density at radius 2 is 1.87 bits per heavy atom. The Labute approximate surface area is 178 Å². The molecule has 0 radical (unpaired) electrons. The van der Waals surface area contributed by atoms with Crippen molar-refractivity contribution in [1.82, 2.24) is 19.2 Å². The molecule has 0 bridgehead atoms. The zero-order chi connectivity index (χ0) is 21.0. The lowest BCUT2D eigenvalue weighted by Crippen LogP contribution is -2.12. The van der Waals surface area contributed by atoms with E-state index in [2.05, 4.69) is 15.4 Å². The van der Waals surface area contributed by atoms with Crippen LogP contribution < -0.4 is 10.1 Å². The number of carbonyl (C=O) groups is 1. The molecule has 31 heavy (non-hydrogen) atoms. The van der Waals surface area contributed by atoms with E-state index >= 15 is 0 Å². The first kappa shape index (κ1) is 18.6. The molecule has 1 N–H and O–H groups in total. The number of rotatable bonds is 6. The highest BCUT2D eigenvalue weighted by Gasteiger charge is 2.09. The highest BCUT2D eigenvalue weighted by atomic mass is 16.5. The minimum atomic E-state index is -0.204. The molecule has 152 valence electrons. The summed E-state index contributed by atoms with van der Waals surface area (Å²) in [7, 11) is 0. The first-order valence-electron chi connectivity index (χ1n) is 9.81. The Hall–Kier alpha value is -4.39. The van der Waals surface area contributed by atoms with Crippen LogP contribution in [0.5, 0.6) is 5.75 Å². The number of nitrogens with one attached hydrogen (secondary N) is 1. The van der Waals surface area contributed by atoms with Crippen molar-refractivity contribution in [2.75, 3.05) is 5.32 Å². The van der Waals surface area contributed by atoms with Crippen LogP contribution in [-0.2, 0) is 6.61 Å². The van der Waals surface area contributed by atoms with Gasteiger partial charge >= 0.3 is 0 Å². The second-order valence-electron chi connectivity index (χ2n) is 6.97. The zero-order valence-corrected chi connectivity index (χ0v) is 16.6. The average Bonchev–Trinajstić information content (AvgIpc) is 3.48. The van der Waals surface area contributed by atoms with Gasteiger partial charge in [0.15, 0.2) is 0 Å². The first-order chi connectivity index (χ1) is 15.2. The Morgan fingerprint density at radius 1 is 0.968 bits per heavy atom. The molecular formula is C24H19N5O2. The number of hydrogen-bond acceptors (Lipinski definition) is 4. The van der Waals surface area contributed by atoms with Crippen molar-refractivity contribution in [1.29, 1.82) is 0 Å². The number of benzene rings is 2. The molecule has 7 nitrogen and oxygen atoms in total. The van der Waals surface area contributed by atoms with Gasteiger partial charge in [0.1, 0.15) is 18.0 Å². The third kappa shape index (κ3) is 4.16. The number of pyridine rings is 1. The summed E-state index contributed by atoms with van der Waals surface area (Å²) >= 11 is 0. The summed E-state index contributed by atoms with van der Waals surface area (Å²) in [5, 5.41) is 7.11. The predicted octanol–water partition coefficient (Wildman–Crippen LogP) is 4.35.